The van der Waals surface area contributed by atoms with Crippen LogP contribution in [0.25, 0.3) is 0 Å². The van der Waals surface area contributed by atoms with Crippen molar-refractivity contribution in [3.8, 4) is 0 Å². The van der Waals surface area contributed by atoms with Crippen molar-refractivity contribution in [2.24, 2.45) is 0 Å². The Hall–Kier alpha value is -2.26. The largest absolute Gasteiger partial charge is 0.778 e. The predicted octanol–water partition coefficient (Wildman–Crippen LogP) is -2.08. The van der Waals surface area contributed by atoms with Crippen LogP contribution in [-0.2, 0) is 142 Å². The maximum atomic E-state index is 12.8. The average molecular weight is 2500 g/mol. The number of aromatic nitrogens is 5. The third-order valence-electron chi connectivity index (χ3n) is 18.9. The normalized spacial score (nSPS) is 18.1. The van der Waals surface area contributed by atoms with E-state index in [0.29, 0.717) is 19.3 Å². The van der Waals surface area contributed by atoms with Gasteiger partial charge in [0, 0.05) is 93.2 Å². The maximum Gasteiger partial charge on any atom is 0.369 e. The standard InChI is InChI=1S/2C14H17NO6P2.C11H19NO6P2.C9H15NO6P2.C7H10FNO6P2.C5H15AsO7P2.C5H15O7P3.C5H14O7P2S/c16-22(17,18)14(23(19,20)21)11-15-8-4-7-13(10-15)9-12-5-2-1-3-6-12;16-22(17,18)14(23(19,20)21)11-15-8-6-13(7-9-15)10-12-4-2-1-3-5-12;1-2-3-5-10-6-4-7-12(8-10)9-11(19(13,14)15)20(16,17)18;1-2-8-4-3-5-10(6-8)7-9(17(11,12)13)18(14,15)16;8-6-2-1-3-9(4-6)5-7(16(10,11)12)17(13,14)15;1-6(2,3)4-5(7,14(8,9)10)15(11,12)13;1-13(2,3)4-5(6,14(7,8)9)15(10,11)12;1-15(2)4-3-5(6,13(7,8)9)14(10,11)12/h1-8,10,14H,9,11H2,(H3-,16,17,18,19,20,21);1-9,14H,10-11H2,(H3-,16,17,18,19,20,21);4,6-8,11H,2-3,5,9H2,1H3,(H3-,13,14,15,16,17,18);3-6,9H,2,7H2,1H3,(H3-,11,12,13,14,15,16);1-4,7H,5H2,(H3-,10,11,12,13,14,15);7H,4H2,1-3H3,(H3-,8,9,10,11,12,13);6H,4H2,1-3H3,(H3-,7,8,9,10,11,12);6H,3-4H2,1-2H3,(H3-,7,8,9,10,11,12). The summed E-state index contributed by atoms with van der Waals surface area (Å²) in [4.78, 5) is 301. The summed E-state index contributed by atoms with van der Waals surface area (Å²) in [5.74, 6) is -0.607. The Morgan fingerprint density at radius 3 is 0.849 bits per heavy atom. The van der Waals surface area contributed by atoms with Gasteiger partial charge >= 0.3 is 143 Å². The molecule has 2 aromatic carbocycles. The molecule has 836 valence electrons. The first-order valence-corrected chi connectivity index (χ1v) is 79.4. The zero-order chi connectivity index (χ0) is 115. The van der Waals surface area contributed by atoms with Gasteiger partial charge in [0.05, 0.1) is 12.5 Å². The minimum absolute atomic E-state index is 0.0917. The monoisotopic (exact) mass is 2500 g/mol. The van der Waals surface area contributed by atoms with Crippen LogP contribution in [0.4, 0.5) is 4.39 Å². The molecular weight excluding hydrogens is 2380 g/mol. The van der Waals surface area contributed by atoms with Crippen LogP contribution in [0, 0.1) is 5.82 Å². The number of aliphatic hydroxyl groups is 3. The second kappa shape index (κ2) is 57.8. The summed E-state index contributed by atoms with van der Waals surface area (Å²) in [5, 5.41) is 6.77. The van der Waals surface area contributed by atoms with E-state index in [-0.39, 0.29) is 16.6 Å². The van der Waals surface area contributed by atoms with E-state index >= 15 is 0 Å². The van der Waals surface area contributed by atoms with Gasteiger partial charge < -0.3 is 179 Å². The Bertz CT molecular complexity index is 5930. The molecule has 0 radical (unpaired) electrons. The van der Waals surface area contributed by atoms with Gasteiger partial charge in [0.2, 0.25) is 11.3 Å². The Morgan fingerprint density at radius 1 is 0.342 bits per heavy atom. The smallest absolute Gasteiger partial charge is 0.369 e. The number of nitrogens with zero attached hydrogens (tertiary/aromatic N) is 5. The van der Waals surface area contributed by atoms with Crippen molar-refractivity contribution in [2.45, 2.75) is 156 Å². The molecule has 0 aliphatic heterocycles. The number of hydrogen-bond donors (Lipinski definition) is 27. The summed E-state index contributed by atoms with van der Waals surface area (Å²) < 4.78 is 195. The average Bonchev–Trinajstić information content (AvgIpc) is 0.758. The molecule has 0 saturated heterocycles. The number of aryl methyl sites for hydroxylation is 2. The number of rotatable bonds is 41. The van der Waals surface area contributed by atoms with Gasteiger partial charge in [-0.1, -0.05) is 80.9 Å². The van der Waals surface area contributed by atoms with E-state index < -0.39 is 241 Å². The van der Waals surface area contributed by atoms with Gasteiger partial charge in [0.1, 0.15) is 11.9 Å². The molecule has 5 aromatic heterocycles. The Labute approximate surface area is 843 Å². The molecule has 16 unspecified atom stereocenters. The molecule has 0 fully saturated rings. The molecule has 76 heteroatoms. The van der Waals surface area contributed by atoms with E-state index in [0.717, 1.165) is 69.5 Å². The number of halogens is 1. The fourth-order valence-corrected chi connectivity index (χ4v) is 43.9. The van der Waals surface area contributed by atoms with E-state index in [4.69, 9.17) is 117 Å². The second-order valence-corrected chi connectivity index (χ2v) is 83.4. The summed E-state index contributed by atoms with van der Waals surface area (Å²) in [7, 11) is -85.6. The van der Waals surface area contributed by atoms with Gasteiger partial charge in [-0.25, -0.2) is 27.2 Å². The topological polar surface area (TPSA) is 1020 Å². The fourth-order valence-electron chi connectivity index (χ4n) is 11.6. The predicted molar refractivity (Wildman–Crippen MR) is 515 cm³/mol. The molecule has 27 N–H and O–H groups in total. The van der Waals surface area contributed by atoms with Crippen LogP contribution in [0.5, 0.6) is 0 Å². The minimum atomic E-state index is -5.54. The third-order valence-corrected chi connectivity index (χ3v) is 55.3. The van der Waals surface area contributed by atoms with Crippen LogP contribution in [0.2, 0.25) is 22.3 Å². The van der Waals surface area contributed by atoms with Gasteiger partial charge in [-0.05, 0) is 77.5 Å². The van der Waals surface area contributed by atoms with Crippen molar-refractivity contribution in [2.75, 3.05) is 44.4 Å². The SMILES string of the molecule is CCCCc1ccc[n+](CC(P(=O)([O-])O)P(=O)(O)O)c1.CCc1ccc[n+](CC(P(=O)([O-])O)P(=O)(O)O)c1.C[As+](C)(C)CC(O)(P(=O)([O-])O)P(=O)(O)O.C[P+](C)(C)CC(O)(P(=O)([O-])O)P(=O)(O)O.C[S+](C)CCC(O)(P(=O)([O-])O)P(=O)(O)O.O=P([O-])(O)C(C[n+]1ccc(Cc2ccccc2)cc1)P(=O)(O)O.O=P([O-])(O)C(C[n+]1cccc(Cc2ccccc2)c1)P(=O)(O)O.O=P([O-])(O)C(C[n+]1cccc(F)c1)P(=O)(O)O. The molecule has 0 saturated carbocycles. The number of unbranched alkanes of at least 4 members (excludes halogenated alkanes) is 1. The third kappa shape index (κ3) is 53.2. The van der Waals surface area contributed by atoms with E-state index in [1.54, 1.807) is 105 Å². The van der Waals surface area contributed by atoms with Crippen molar-refractivity contribution in [3.63, 3.8) is 0 Å². The molecule has 7 rings (SSSR count). The van der Waals surface area contributed by atoms with E-state index in [1.165, 1.54) is 61.5 Å². The van der Waals surface area contributed by atoms with E-state index in [2.05, 4.69) is 0 Å². The van der Waals surface area contributed by atoms with Gasteiger partial charge in [-0.3, -0.25) is 32.0 Å². The molecule has 0 aliphatic carbocycles. The molecular formula is C70H122AsFN5O51P17S. The first kappa shape index (κ1) is 144. The molecule has 0 spiro atoms. The fraction of sp³-hybridized carbons (Fsp3) is 0.471. The number of hydrogen-bond acceptors (Lipinski definition) is 27. The summed E-state index contributed by atoms with van der Waals surface area (Å²) >= 11 is -2.62. The molecule has 146 heavy (non-hydrogen) atoms. The van der Waals surface area contributed by atoms with Crippen molar-refractivity contribution in [3.05, 3.63) is 222 Å². The molecule has 16 atom stereocenters. The summed E-state index contributed by atoms with van der Waals surface area (Å²) in [6.07, 6.45) is 21.3. The van der Waals surface area contributed by atoms with Crippen LogP contribution in [0.3, 0.4) is 0 Å². The minimum Gasteiger partial charge on any atom is -0.778 e. The zero-order valence-corrected chi connectivity index (χ0v) is 96.7. The summed E-state index contributed by atoms with van der Waals surface area (Å²) in [6.45, 7) is 5.94. The first-order chi connectivity index (χ1) is 65.0. The van der Waals surface area contributed by atoms with Gasteiger partial charge in [0.15, 0.2) is 174 Å². The van der Waals surface area contributed by atoms with Crippen molar-refractivity contribution >= 4 is 153 Å². The van der Waals surface area contributed by atoms with E-state index in [1.807, 2.05) is 86.6 Å². The summed E-state index contributed by atoms with van der Waals surface area (Å²) in [6, 6.07) is 35.5. The van der Waals surface area contributed by atoms with E-state index in [9.17, 15) is 132 Å². The molecule has 0 bridgehead atoms. The van der Waals surface area contributed by atoms with Crippen LogP contribution in [0.15, 0.2) is 183 Å². The maximum absolute atomic E-state index is 12.8. The summed E-state index contributed by atoms with van der Waals surface area (Å²) in [5.41, 5.74) is 10.7. The molecule has 7 aromatic rings. The Morgan fingerprint density at radius 2 is 0.603 bits per heavy atom. The van der Waals surface area contributed by atoms with Gasteiger partial charge in [-0.2, -0.15) is 0 Å². The Kier molecular flexibility index (Phi) is 56.9. The zero-order valence-electron chi connectivity index (χ0n) is 78.8. The quantitative estimate of drug-likeness (QED) is 0.00847. The molecule has 56 nitrogen and oxygen atoms in total. The van der Waals surface area contributed by atoms with Crippen LogP contribution >= 0.6 is 129 Å². The van der Waals surface area contributed by atoms with Gasteiger partial charge in [-0.15, -0.1) is 0 Å². The molecule has 0 amide bonds. The Balaban J connectivity index is 0.00000166. The number of pyridine rings is 5. The van der Waals surface area contributed by atoms with Crippen LogP contribution in [0.1, 0.15) is 66.5 Å². The number of benzene rings is 2. The van der Waals surface area contributed by atoms with Crippen LogP contribution in [-0.4, -0.2) is 233 Å². The second-order valence-electron chi connectivity index (χ2n) is 34.2. The van der Waals surface area contributed by atoms with Crippen molar-refractivity contribution < 1.29 is 272 Å². The van der Waals surface area contributed by atoms with Crippen molar-refractivity contribution in [1.82, 2.24) is 0 Å². The first-order valence-electron chi connectivity index (χ1n) is 40.7. The molecule has 5 heterocycles. The molecule has 0 aliphatic rings. The van der Waals surface area contributed by atoms with Crippen LogP contribution < -0.4 is 62.0 Å². The van der Waals surface area contributed by atoms with Crippen molar-refractivity contribution in [1.29, 1.82) is 0 Å². The van der Waals surface area contributed by atoms with Gasteiger partial charge in [0.25, 0.3) is 5.08 Å².